The second kappa shape index (κ2) is 7.61. The number of hydrogen-bond donors (Lipinski definition) is 1. The van der Waals surface area contributed by atoms with Gasteiger partial charge in [-0.25, -0.2) is 10.2 Å². The van der Waals surface area contributed by atoms with Gasteiger partial charge in [-0.1, -0.05) is 19.1 Å². The maximum absolute atomic E-state index is 12.2. The Morgan fingerprint density at radius 3 is 2.80 bits per heavy atom. The highest BCUT2D eigenvalue weighted by molar-refractivity contribution is 7.14. The fourth-order valence-electron chi connectivity index (χ4n) is 2.86. The van der Waals surface area contributed by atoms with E-state index in [9.17, 15) is 9.59 Å². The first-order valence-corrected chi connectivity index (χ1v) is 9.02. The van der Waals surface area contributed by atoms with Crippen LogP contribution in [0.3, 0.4) is 0 Å². The van der Waals surface area contributed by atoms with Crippen LogP contribution in [0.25, 0.3) is 0 Å². The van der Waals surface area contributed by atoms with E-state index in [1.165, 1.54) is 24.0 Å². The van der Waals surface area contributed by atoms with Crippen molar-refractivity contribution in [3.05, 3.63) is 56.8 Å². The van der Waals surface area contributed by atoms with Gasteiger partial charge in [-0.15, -0.1) is 11.3 Å². The molecule has 1 aromatic carbocycles. The number of carbonyl (C=O) groups excluding carboxylic acids is 2. The second-order valence-electron chi connectivity index (χ2n) is 6.22. The van der Waals surface area contributed by atoms with Crippen LogP contribution in [-0.2, 0) is 17.6 Å². The molecular formula is C19H20N2O3S. The van der Waals surface area contributed by atoms with Gasteiger partial charge < -0.3 is 4.74 Å². The molecule has 1 atom stereocenters. The molecule has 0 spiro atoms. The molecule has 0 saturated heterocycles. The Morgan fingerprint density at radius 1 is 1.32 bits per heavy atom. The van der Waals surface area contributed by atoms with E-state index in [0.29, 0.717) is 16.4 Å². The van der Waals surface area contributed by atoms with Crippen molar-refractivity contribution < 1.29 is 14.3 Å². The predicted octanol–water partition coefficient (Wildman–Crippen LogP) is 3.42. The molecule has 1 heterocycles. The van der Waals surface area contributed by atoms with Crippen molar-refractivity contribution in [3.63, 3.8) is 0 Å². The monoisotopic (exact) mass is 356 g/mol. The normalized spacial score (nSPS) is 16.5. The van der Waals surface area contributed by atoms with Crippen molar-refractivity contribution in [2.75, 3.05) is 7.11 Å². The van der Waals surface area contributed by atoms with Crippen LogP contribution in [0.4, 0.5) is 0 Å². The summed E-state index contributed by atoms with van der Waals surface area (Å²) in [5, 5.41) is 4.00. The number of amides is 1. The molecule has 0 radical (unpaired) electrons. The fraction of sp³-hybridized carbons (Fsp3) is 0.316. The van der Waals surface area contributed by atoms with E-state index < -0.39 is 0 Å². The summed E-state index contributed by atoms with van der Waals surface area (Å²) in [5.74, 6) is 0.117. The summed E-state index contributed by atoms with van der Waals surface area (Å²) >= 11 is 1.56. The molecule has 0 unspecified atom stereocenters. The fourth-order valence-corrected chi connectivity index (χ4v) is 3.96. The molecule has 2 aromatic rings. The number of hydrazone groups is 1. The van der Waals surface area contributed by atoms with E-state index in [1.807, 2.05) is 6.07 Å². The van der Waals surface area contributed by atoms with Crippen LogP contribution in [0.15, 0.2) is 35.4 Å². The van der Waals surface area contributed by atoms with Crippen LogP contribution >= 0.6 is 11.3 Å². The molecule has 0 fully saturated rings. The van der Waals surface area contributed by atoms with Gasteiger partial charge in [-0.05, 0) is 54.5 Å². The summed E-state index contributed by atoms with van der Waals surface area (Å²) in [6, 6.07) is 8.79. The van der Waals surface area contributed by atoms with Gasteiger partial charge in [0.1, 0.15) is 0 Å². The molecular weight excluding hydrogens is 336 g/mol. The first-order chi connectivity index (χ1) is 12.1. The number of hydrogen-bond acceptors (Lipinski definition) is 5. The van der Waals surface area contributed by atoms with E-state index in [-0.39, 0.29) is 11.9 Å². The minimum absolute atomic E-state index is 0.186. The zero-order chi connectivity index (χ0) is 17.8. The lowest BCUT2D eigenvalue weighted by Gasteiger charge is -2.16. The van der Waals surface area contributed by atoms with Gasteiger partial charge in [0.25, 0.3) is 5.91 Å². The van der Waals surface area contributed by atoms with Gasteiger partial charge in [0.05, 0.1) is 23.8 Å². The number of benzene rings is 1. The number of nitrogens with zero attached hydrogens (tertiary/aromatic N) is 1. The van der Waals surface area contributed by atoms with E-state index in [0.717, 1.165) is 18.4 Å². The molecule has 1 aliphatic carbocycles. The number of carbonyl (C=O) groups is 2. The van der Waals surface area contributed by atoms with Crippen LogP contribution in [0.2, 0.25) is 0 Å². The van der Waals surface area contributed by atoms with Gasteiger partial charge >= 0.3 is 5.97 Å². The SMILES string of the molecule is COC(=O)c1ccc(/C=N\NC(=O)c2cc3c(s2)CC[C@H](C)C3)cc1. The molecule has 0 bridgehead atoms. The first kappa shape index (κ1) is 17.4. The number of methoxy groups -OCH3 is 1. The highest BCUT2D eigenvalue weighted by Crippen LogP contribution is 2.32. The lowest BCUT2D eigenvalue weighted by atomic mass is 9.90. The molecule has 0 aliphatic heterocycles. The molecule has 1 aromatic heterocycles. The maximum atomic E-state index is 12.2. The summed E-state index contributed by atoms with van der Waals surface area (Å²) in [4.78, 5) is 25.6. The highest BCUT2D eigenvalue weighted by Gasteiger charge is 2.20. The van der Waals surface area contributed by atoms with Crippen LogP contribution in [0, 0.1) is 5.92 Å². The molecule has 1 aliphatic rings. The quantitative estimate of drug-likeness (QED) is 0.518. The molecule has 130 valence electrons. The molecule has 5 nitrogen and oxygen atoms in total. The number of rotatable bonds is 4. The lowest BCUT2D eigenvalue weighted by Crippen LogP contribution is -2.16. The second-order valence-corrected chi connectivity index (χ2v) is 7.36. The van der Waals surface area contributed by atoms with E-state index >= 15 is 0 Å². The van der Waals surface area contributed by atoms with Gasteiger partial charge in [0.15, 0.2) is 0 Å². The summed E-state index contributed by atoms with van der Waals surface area (Å²) in [5.41, 5.74) is 5.13. The Balaban J connectivity index is 1.60. The number of esters is 1. The van der Waals surface area contributed by atoms with Crippen LogP contribution in [0.1, 0.15) is 49.4 Å². The highest BCUT2D eigenvalue weighted by atomic mass is 32.1. The number of aryl methyl sites for hydroxylation is 1. The number of thiophene rings is 1. The van der Waals surface area contributed by atoms with Crippen LogP contribution in [-0.4, -0.2) is 25.2 Å². The largest absolute Gasteiger partial charge is 0.465 e. The average molecular weight is 356 g/mol. The van der Waals surface area contributed by atoms with Gasteiger partial charge in [0, 0.05) is 4.88 Å². The van der Waals surface area contributed by atoms with Crippen molar-refractivity contribution >= 4 is 29.4 Å². The summed E-state index contributed by atoms with van der Waals surface area (Å²) in [6.07, 6.45) is 4.85. The number of nitrogens with one attached hydrogen (secondary N) is 1. The summed E-state index contributed by atoms with van der Waals surface area (Å²) < 4.78 is 4.65. The molecule has 25 heavy (non-hydrogen) atoms. The zero-order valence-electron chi connectivity index (χ0n) is 14.2. The standard InChI is InChI=1S/C19H20N2O3S/c1-12-3-8-16-15(9-12)10-17(25-16)18(22)21-20-11-13-4-6-14(7-5-13)19(23)24-2/h4-7,10-12H,3,8-9H2,1-2H3,(H,21,22)/b20-11-/t12-/m0/s1. The minimum atomic E-state index is -0.382. The number of ether oxygens (including phenoxy) is 1. The van der Waals surface area contributed by atoms with Crippen molar-refractivity contribution in [1.82, 2.24) is 5.43 Å². The summed E-state index contributed by atoms with van der Waals surface area (Å²) in [6.45, 7) is 2.25. The first-order valence-electron chi connectivity index (χ1n) is 8.20. The van der Waals surface area contributed by atoms with E-state index in [2.05, 4.69) is 22.2 Å². The van der Waals surface area contributed by atoms with Crippen molar-refractivity contribution in [2.24, 2.45) is 11.0 Å². The maximum Gasteiger partial charge on any atom is 0.337 e. The predicted molar refractivity (Wildman–Crippen MR) is 98.3 cm³/mol. The van der Waals surface area contributed by atoms with Crippen molar-refractivity contribution in [1.29, 1.82) is 0 Å². The molecule has 6 heteroatoms. The molecule has 3 rings (SSSR count). The lowest BCUT2D eigenvalue weighted by molar-refractivity contribution is 0.0600. The third kappa shape index (κ3) is 4.14. The van der Waals surface area contributed by atoms with E-state index in [1.54, 1.807) is 41.8 Å². The smallest absolute Gasteiger partial charge is 0.337 e. The third-order valence-electron chi connectivity index (χ3n) is 4.26. The van der Waals surface area contributed by atoms with Crippen molar-refractivity contribution in [3.8, 4) is 0 Å². The topological polar surface area (TPSA) is 67.8 Å². The molecule has 1 amide bonds. The Morgan fingerprint density at radius 2 is 2.08 bits per heavy atom. The molecule has 0 saturated carbocycles. The number of fused-ring (bicyclic) bond motifs is 1. The van der Waals surface area contributed by atoms with E-state index in [4.69, 9.17) is 0 Å². The Bertz CT molecular complexity index is 809. The van der Waals surface area contributed by atoms with Gasteiger partial charge in [-0.2, -0.15) is 5.10 Å². The molecule has 1 N–H and O–H groups in total. The zero-order valence-corrected chi connectivity index (χ0v) is 15.1. The van der Waals surface area contributed by atoms with Crippen molar-refractivity contribution in [2.45, 2.75) is 26.2 Å². The average Bonchev–Trinajstić information content (AvgIpc) is 3.04. The Hall–Kier alpha value is -2.47. The Labute approximate surface area is 150 Å². The third-order valence-corrected chi connectivity index (χ3v) is 5.50. The van der Waals surface area contributed by atoms with Crippen LogP contribution < -0.4 is 5.43 Å². The Kier molecular flexibility index (Phi) is 5.28. The van der Waals surface area contributed by atoms with Gasteiger partial charge in [-0.3, -0.25) is 4.79 Å². The van der Waals surface area contributed by atoms with Crippen LogP contribution in [0.5, 0.6) is 0 Å². The minimum Gasteiger partial charge on any atom is -0.465 e. The van der Waals surface area contributed by atoms with Gasteiger partial charge in [0.2, 0.25) is 0 Å². The summed E-state index contributed by atoms with van der Waals surface area (Å²) in [7, 11) is 1.34.